The van der Waals surface area contributed by atoms with E-state index in [1.165, 1.54) is 5.56 Å². The van der Waals surface area contributed by atoms with Crippen LogP contribution in [0.15, 0.2) is 42.6 Å². The van der Waals surface area contributed by atoms with Crippen molar-refractivity contribution in [3.63, 3.8) is 0 Å². The molecule has 3 aromatic rings. The molecule has 1 aliphatic heterocycles. The summed E-state index contributed by atoms with van der Waals surface area (Å²) in [6.45, 7) is 5.08. The largest absolute Gasteiger partial charge is 0.326 e. The molecule has 2 heterocycles. The van der Waals surface area contributed by atoms with Gasteiger partial charge in [-0.3, -0.25) is 9.48 Å². The molecule has 0 aliphatic carbocycles. The van der Waals surface area contributed by atoms with E-state index in [2.05, 4.69) is 30.2 Å². The van der Waals surface area contributed by atoms with E-state index in [-0.39, 0.29) is 5.91 Å². The molecule has 0 bridgehead atoms. The highest BCUT2D eigenvalue weighted by atomic mass is 16.2. The zero-order chi connectivity index (χ0) is 19.1. The second-order valence-corrected chi connectivity index (χ2v) is 7.29. The zero-order valence-corrected chi connectivity index (χ0v) is 16.0. The third kappa shape index (κ3) is 3.04. The number of rotatable bonds is 2. The highest BCUT2D eigenvalue weighted by Gasteiger charge is 2.27. The highest BCUT2D eigenvalue weighted by Crippen LogP contribution is 2.32. The number of carbonyl (C=O) groups excluding carboxylic acids is 1. The third-order valence-corrected chi connectivity index (χ3v) is 5.41. The predicted molar refractivity (Wildman–Crippen MR) is 107 cm³/mol. The van der Waals surface area contributed by atoms with Gasteiger partial charge in [0.25, 0.3) is 5.91 Å². The number of aromatic nitrogens is 2. The Kier molecular flexibility index (Phi) is 4.32. The van der Waals surface area contributed by atoms with Crippen molar-refractivity contribution in [1.29, 1.82) is 0 Å². The summed E-state index contributed by atoms with van der Waals surface area (Å²) in [6, 6.07) is 12.1. The number of fused-ring (bicyclic) bond motifs is 2. The van der Waals surface area contributed by atoms with Crippen LogP contribution in [0.1, 0.15) is 43.9 Å². The van der Waals surface area contributed by atoms with Gasteiger partial charge < -0.3 is 10.6 Å². The van der Waals surface area contributed by atoms with Gasteiger partial charge in [-0.25, -0.2) is 0 Å². The minimum Gasteiger partial charge on any atom is -0.326 e. The smallest absolute Gasteiger partial charge is 0.258 e. The molecule has 27 heavy (non-hydrogen) atoms. The van der Waals surface area contributed by atoms with Gasteiger partial charge in [-0.15, -0.1) is 0 Å². The van der Waals surface area contributed by atoms with Gasteiger partial charge in [-0.05, 0) is 48.7 Å². The second kappa shape index (κ2) is 6.67. The summed E-state index contributed by atoms with van der Waals surface area (Å²) < 4.78 is 1.91. The minimum atomic E-state index is 0.00322. The summed E-state index contributed by atoms with van der Waals surface area (Å²) in [5, 5.41) is 4.40. The van der Waals surface area contributed by atoms with Crippen molar-refractivity contribution in [3.8, 4) is 0 Å². The summed E-state index contributed by atoms with van der Waals surface area (Å²) in [4.78, 5) is 15.3. The van der Waals surface area contributed by atoms with Crippen molar-refractivity contribution < 1.29 is 4.79 Å². The quantitative estimate of drug-likeness (QED) is 0.763. The number of amides is 1. The Morgan fingerprint density at radius 3 is 2.70 bits per heavy atom. The lowest BCUT2D eigenvalue weighted by Gasteiger charge is -2.24. The van der Waals surface area contributed by atoms with Gasteiger partial charge in [0.15, 0.2) is 0 Å². The van der Waals surface area contributed by atoms with Crippen LogP contribution in [0, 0.1) is 13.8 Å². The van der Waals surface area contributed by atoms with Gasteiger partial charge in [0, 0.05) is 42.5 Å². The molecule has 1 aromatic heterocycles. The molecular formula is C22H24N4O. The average Bonchev–Trinajstić information content (AvgIpc) is 2.90. The van der Waals surface area contributed by atoms with Crippen molar-refractivity contribution >= 4 is 11.6 Å². The van der Waals surface area contributed by atoms with E-state index in [0.29, 0.717) is 18.7 Å². The molecule has 4 rings (SSSR count). The fourth-order valence-electron chi connectivity index (χ4n) is 3.82. The number of carbonyl (C=O) groups is 1. The Balaban J connectivity index is 1.81. The number of benzene rings is 2. The SMILES string of the molecule is Cc1ccc2c(c1)Cc1c(cnn1C)CN2C(=O)c1ccc(CN)c(C)c1. The normalized spacial score (nSPS) is 13.1. The van der Waals surface area contributed by atoms with Crippen LogP contribution in [0.25, 0.3) is 0 Å². The van der Waals surface area contributed by atoms with E-state index in [1.807, 2.05) is 47.9 Å². The maximum Gasteiger partial charge on any atom is 0.258 e. The summed E-state index contributed by atoms with van der Waals surface area (Å²) in [5.41, 5.74) is 14.1. The number of aryl methyl sites for hydroxylation is 3. The van der Waals surface area contributed by atoms with Crippen LogP contribution < -0.4 is 10.6 Å². The van der Waals surface area contributed by atoms with E-state index in [9.17, 15) is 4.79 Å². The molecule has 138 valence electrons. The monoisotopic (exact) mass is 360 g/mol. The first-order chi connectivity index (χ1) is 13.0. The van der Waals surface area contributed by atoms with Crippen LogP contribution >= 0.6 is 0 Å². The van der Waals surface area contributed by atoms with Gasteiger partial charge in [0.1, 0.15) is 0 Å². The Morgan fingerprint density at radius 2 is 1.96 bits per heavy atom. The lowest BCUT2D eigenvalue weighted by atomic mass is 10.0. The zero-order valence-electron chi connectivity index (χ0n) is 16.0. The first-order valence-electron chi connectivity index (χ1n) is 9.18. The summed E-state index contributed by atoms with van der Waals surface area (Å²) in [7, 11) is 1.96. The van der Waals surface area contributed by atoms with Crippen molar-refractivity contribution in [2.24, 2.45) is 12.8 Å². The highest BCUT2D eigenvalue weighted by molar-refractivity contribution is 6.06. The fourth-order valence-corrected chi connectivity index (χ4v) is 3.82. The van der Waals surface area contributed by atoms with Crippen LogP contribution in [-0.4, -0.2) is 15.7 Å². The molecule has 0 unspecified atom stereocenters. The maximum absolute atomic E-state index is 13.4. The predicted octanol–water partition coefficient (Wildman–Crippen LogP) is 3.25. The lowest BCUT2D eigenvalue weighted by Crippen LogP contribution is -2.30. The van der Waals surface area contributed by atoms with Crippen LogP contribution in [0.4, 0.5) is 5.69 Å². The summed E-state index contributed by atoms with van der Waals surface area (Å²) in [6.07, 6.45) is 2.65. The molecule has 2 aromatic carbocycles. The standard InChI is InChI=1S/C22H24N4O/c1-14-4-7-20-18(8-14)10-21-19(12-24-25(21)3)13-26(20)22(27)16-5-6-17(11-23)15(2)9-16/h4-9,12H,10-11,13,23H2,1-3H3. The molecule has 0 saturated carbocycles. The Hall–Kier alpha value is -2.92. The topological polar surface area (TPSA) is 64.2 Å². The molecular weight excluding hydrogens is 336 g/mol. The first-order valence-corrected chi connectivity index (χ1v) is 9.18. The van der Waals surface area contributed by atoms with Gasteiger partial charge >= 0.3 is 0 Å². The van der Waals surface area contributed by atoms with Crippen LogP contribution in [-0.2, 0) is 26.6 Å². The molecule has 0 fully saturated rings. The Bertz CT molecular complexity index is 1030. The van der Waals surface area contributed by atoms with Crippen LogP contribution in [0.3, 0.4) is 0 Å². The number of nitrogens with two attached hydrogens (primary N) is 1. The molecule has 5 heteroatoms. The van der Waals surface area contributed by atoms with Crippen molar-refractivity contribution in [3.05, 3.63) is 81.7 Å². The molecule has 1 aliphatic rings. The molecule has 5 nitrogen and oxygen atoms in total. The molecule has 1 amide bonds. The summed E-state index contributed by atoms with van der Waals surface area (Å²) in [5.74, 6) is 0.00322. The number of nitrogens with zero attached hydrogens (tertiary/aromatic N) is 3. The molecule has 0 saturated heterocycles. The molecule has 0 radical (unpaired) electrons. The summed E-state index contributed by atoms with van der Waals surface area (Å²) >= 11 is 0. The number of anilines is 1. The van der Waals surface area contributed by atoms with Gasteiger partial charge in [0.2, 0.25) is 0 Å². The minimum absolute atomic E-state index is 0.00322. The van der Waals surface area contributed by atoms with Crippen LogP contribution in [0.2, 0.25) is 0 Å². The van der Waals surface area contributed by atoms with E-state index in [4.69, 9.17) is 5.73 Å². The number of hydrogen-bond acceptors (Lipinski definition) is 3. The van der Waals surface area contributed by atoms with Crippen molar-refractivity contribution in [2.75, 3.05) is 4.90 Å². The van der Waals surface area contributed by atoms with Crippen molar-refractivity contribution in [2.45, 2.75) is 33.4 Å². The Labute approximate surface area is 159 Å². The van der Waals surface area contributed by atoms with E-state index in [0.717, 1.165) is 40.1 Å². The van der Waals surface area contributed by atoms with Gasteiger partial charge in [-0.1, -0.05) is 23.8 Å². The molecule has 0 atom stereocenters. The van der Waals surface area contributed by atoms with E-state index < -0.39 is 0 Å². The van der Waals surface area contributed by atoms with E-state index in [1.54, 1.807) is 0 Å². The first kappa shape index (κ1) is 17.5. The molecule has 0 spiro atoms. The van der Waals surface area contributed by atoms with Gasteiger partial charge in [-0.2, -0.15) is 5.10 Å². The second-order valence-electron chi connectivity index (χ2n) is 7.29. The molecule has 2 N–H and O–H groups in total. The maximum atomic E-state index is 13.4. The Morgan fingerprint density at radius 1 is 1.15 bits per heavy atom. The average molecular weight is 360 g/mol. The van der Waals surface area contributed by atoms with Crippen molar-refractivity contribution in [1.82, 2.24) is 9.78 Å². The fraction of sp³-hybridized carbons (Fsp3) is 0.273. The number of hydrogen-bond donors (Lipinski definition) is 1. The third-order valence-electron chi connectivity index (χ3n) is 5.41. The van der Waals surface area contributed by atoms with E-state index >= 15 is 0 Å². The van der Waals surface area contributed by atoms with Gasteiger partial charge in [0.05, 0.1) is 12.7 Å². The lowest BCUT2D eigenvalue weighted by molar-refractivity contribution is 0.0985. The van der Waals surface area contributed by atoms with Crippen LogP contribution in [0.5, 0.6) is 0 Å².